The summed E-state index contributed by atoms with van der Waals surface area (Å²) in [4.78, 5) is 6.89. The molecule has 0 amide bonds. The highest BCUT2D eigenvalue weighted by Crippen LogP contribution is 2.30. The first kappa shape index (κ1) is 13.4. The van der Waals surface area contributed by atoms with Crippen LogP contribution in [0.25, 0.3) is 11.0 Å². The van der Waals surface area contributed by atoms with Gasteiger partial charge in [0, 0.05) is 25.0 Å². The second-order valence-corrected chi connectivity index (χ2v) is 5.95. The lowest BCUT2D eigenvalue weighted by Gasteiger charge is -2.23. The number of pyridine rings is 1. The van der Waals surface area contributed by atoms with Crippen molar-refractivity contribution < 1.29 is 0 Å². The van der Waals surface area contributed by atoms with Crippen LogP contribution in [0.5, 0.6) is 0 Å². The van der Waals surface area contributed by atoms with Gasteiger partial charge < -0.3 is 4.90 Å². The van der Waals surface area contributed by atoms with Crippen molar-refractivity contribution in [2.24, 2.45) is 5.92 Å². The summed E-state index contributed by atoms with van der Waals surface area (Å²) in [7, 11) is 0. The van der Waals surface area contributed by atoms with Gasteiger partial charge >= 0.3 is 0 Å². The SMILES string of the molecule is CCCC1CCCN(c2ccnc3n[nH]c(C)c23)CC1. The topological polar surface area (TPSA) is 44.8 Å². The maximum Gasteiger partial charge on any atom is 0.183 e. The lowest BCUT2D eigenvalue weighted by Crippen LogP contribution is -2.24. The smallest absolute Gasteiger partial charge is 0.183 e. The molecule has 3 rings (SSSR count). The normalized spacial score (nSPS) is 20.3. The number of nitrogens with zero attached hydrogens (tertiary/aromatic N) is 3. The van der Waals surface area contributed by atoms with Crippen molar-refractivity contribution in [1.82, 2.24) is 15.2 Å². The summed E-state index contributed by atoms with van der Waals surface area (Å²) in [5.41, 5.74) is 3.27. The van der Waals surface area contributed by atoms with Crippen LogP contribution in [0.1, 0.15) is 44.7 Å². The molecule has 2 aromatic heterocycles. The zero-order valence-electron chi connectivity index (χ0n) is 12.5. The van der Waals surface area contributed by atoms with E-state index in [2.05, 4.69) is 40.0 Å². The fourth-order valence-corrected chi connectivity index (χ4v) is 3.44. The van der Waals surface area contributed by atoms with Gasteiger partial charge in [0.1, 0.15) is 0 Å². The second-order valence-electron chi connectivity index (χ2n) is 5.95. The minimum Gasteiger partial charge on any atom is -0.371 e. The Morgan fingerprint density at radius 2 is 2.25 bits per heavy atom. The van der Waals surface area contributed by atoms with Crippen LogP contribution in [0.15, 0.2) is 12.3 Å². The molecule has 4 nitrogen and oxygen atoms in total. The molecule has 1 unspecified atom stereocenters. The van der Waals surface area contributed by atoms with Gasteiger partial charge in [0.25, 0.3) is 0 Å². The minimum atomic E-state index is 0.842. The minimum absolute atomic E-state index is 0.842. The van der Waals surface area contributed by atoms with Gasteiger partial charge in [-0.3, -0.25) is 5.10 Å². The van der Waals surface area contributed by atoms with Gasteiger partial charge in [-0.2, -0.15) is 5.10 Å². The fourth-order valence-electron chi connectivity index (χ4n) is 3.44. The average molecular weight is 272 g/mol. The number of anilines is 1. The van der Waals surface area contributed by atoms with E-state index in [1.54, 1.807) is 0 Å². The Labute approximate surface area is 120 Å². The van der Waals surface area contributed by atoms with Gasteiger partial charge in [-0.15, -0.1) is 0 Å². The van der Waals surface area contributed by atoms with Gasteiger partial charge in [-0.25, -0.2) is 4.98 Å². The van der Waals surface area contributed by atoms with Gasteiger partial charge in [0.15, 0.2) is 5.65 Å². The molecule has 0 aliphatic carbocycles. The third-order valence-electron chi connectivity index (χ3n) is 4.50. The van der Waals surface area contributed by atoms with E-state index in [1.807, 2.05) is 6.20 Å². The van der Waals surface area contributed by atoms with Crippen molar-refractivity contribution in [2.45, 2.75) is 46.0 Å². The summed E-state index contributed by atoms with van der Waals surface area (Å²) in [5.74, 6) is 0.910. The number of hydrogen-bond donors (Lipinski definition) is 1. The molecule has 1 saturated heterocycles. The van der Waals surface area contributed by atoms with Crippen molar-refractivity contribution in [2.75, 3.05) is 18.0 Å². The Morgan fingerprint density at radius 1 is 1.35 bits per heavy atom. The number of fused-ring (bicyclic) bond motifs is 1. The summed E-state index contributed by atoms with van der Waals surface area (Å²) in [5, 5.41) is 8.54. The van der Waals surface area contributed by atoms with Crippen LogP contribution < -0.4 is 4.90 Å². The fraction of sp³-hybridized carbons (Fsp3) is 0.625. The number of aromatic nitrogens is 3. The van der Waals surface area contributed by atoms with Gasteiger partial charge in [-0.05, 0) is 38.2 Å². The highest BCUT2D eigenvalue weighted by atomic mass is 15.2. The number of aromatic amines is 1. The molecule has 1 N–H and O–H groups in total. The molecule has 20 heavy (non-hydrogen) atoms. The summed E-state index contributed by atoms with van der Waals surface area (Å²) in [6, 6.07) is 2.14. The molecule has 108 valence electrons. The lowest BCUT2D eigenvalue weighted by molar-refractivity contribution is 0.435. The number of rotatable bonds is 3. The quantitative estimate of drug-likeness (QED) is 0.927. The van der Waals surface area contributed by atoms with E-state index in [-0.39, 0.29) is 0 Å². The highest BCUT2D eigenvalue weighted by Gasteiger charge is 2.19. The van der Waals surface area contributed by atoms with E-state index >= 15 is 0 Å². The van der Waals surface area contributed by atoms with Crippen LogP contribution in [0.4, 0.5) is 5.69 Å². The predicted molar refractivity (Wildman–Crippen MR) is 83.1 cm³/mol. The zero-order valence-corrected chi connectivity index (χ0v) is 12.5. The molecule has 0 aromatic carbocycles. The molecule has 0 spiro atoms. The van der Waals surface area contributed by atoms with Crippen molar-refractivity contribution in [3.8, 4) is 0 Å². The van der Waals surface area contributed by atoms with Gasteiger partial charge in [0.05, 0.1) is 11.1 Å². The molecule has 1 aliphatic heterocycles. The Morgan fingerprint density at radius 3 is 3.10 bits per heavy atom. The molecular formula is C16H24N4. The molecule has 0 bridgehead atoms. The molecule has 1 atom stereocenters. The third kappa shape index (κ3) is 2.51. The van der Waals surface area contributed by atoms with Gasteiger partial charge in [0.2, 0.25) is 0 Å². The van der Waals surface area contributed by atoms with Crippen LogP contribution in [-0.4, -0.2) is 28.3 Å². The summed E-state index contributed by atoms with van der Waals surface area (Å²) in [6.07, 6.45) is 8.56. The van der Waals surface area contributed by atoms with Crippen molar-refractivity contribution in [1.29, 1.82) is 0 Å². The van der Waals surface area contributed by atoms with Crippen LogP contribution in [-0.2, 0) is 0 Å². The van der Waals surface area contributed by atoms with Crippen molar-refractivity contribution >= 4 is 16.7 Å². The number of nitrogens with one attached hydrogen (secondary N) is 1. The van der Waals surface area contributed by atoms with Crippen LogP contribution in [0.2, 0.25) is 0 Å². The zero-order chi connectivity index (χ0) is 13.9. The van der Waals surface area contributed by atoms with E-state index in [4.69, 9.17) is 0 Å². The molecule has 1 fully saturated rings. The van der Waals surface area contributed by atoms with E-state index in [0.717, 1.165) is 30.3 Å². The van der Waals surface area contributed by atoms with Crippen molar-refractivity contribution in [3.63, 3.8) is 0 Å². The Hall–Kier alpha value is -1.58. The Bertz CT molecular complexity index is 575. The summed E-state index contributed by atoms with van der Waals surface area (Å²) >= 11 is 0. The summed E-state index contributed by atoms with van der Waals surface area (Å²) in [6.45, 7) is 6.69. The van der Waals surface area contributed by atoms with E-state index in [9.17, 15) is 0 Å². The van der Waals surface area contributed by atoms with E-state index < -0.39 is 0 Å². The predicted octanol–water partition coefficient (Wildman–Crippen LogP) is 3.67. The molecule has 4 heteroatoms. The van der Waals surface area contributed by atoms with E-state index in [1.165, 1.54) is 43.2 Å². The number of aryl methyl sites for hydroxylation is 1. The maximum absolute atomic E-state index is 4.36. The monoisotopic (exact) mass is 272 g/mol. The Kier molecular flexibility index (Phi) is 3.90. The molecule has 1 aliphatic rings. The number of H-pyrrole nitrogens is 1. The van der Waals surface area contributed by atoms with Crippen LogP contribution >= 0.6 is 0 Å². The largest absolute Gasteiger partial charge is 0.371 e. The first-order valence-corrected chi connectivity index (χ1v) is 7.84. The molecule has 3 heterocycles. The maximum atomic E-state index is 4.36. The molecule has 0 saturated carbocycles. The van der Waals surface area contributed by atoms with E-state index in [0.29, 0.717) is 0 Å². The molecule has 2 aromatic rings. The molecular weight excluding hydrogens is 248 g/mol. The summed E-state index contributed by atoms with van der Waals surface area (Å²) < 4.78 is 0. The lowest BCUT2D eigenvalue weighted by atomic mass is 9.96. The highest BCUT2D eigenvalue weighted by molar-refractivity contribution is 5.91. The molecule has 0 radical (unpaired) electrons. The first-order chi connectivity index (χ1) is 9.79. The Balaban J connectivity index is 1.86. The third-order valence-corrected chi connectivity index (χ3v) is 4.50. The standard InChI is InChI=1S/C16H24N4/c1-3-5-13-6-4-10-20(11-8-13)14-7-9-17-16-15(14)12(2)18-19-16/h7,9,13H,3-6,8,10-11H2,1-2H3,(H,17,18,19). The van der Waals surface area contributed by atoms with Crippen LogP contribution in [0.3, 0.4) is 0 Å². The van der Waals surface area contributed by atoms with Gasteiger partial charge in [-0.1, -0.05) is 19.8 Å². The second kappa shape index (κ2) is 5.81. The van der Waals surface area contributed by atoms with Crippen LogP contribution in [0, 0.1) is 12.8 Å². The first-order valence-electron chi connectivity index (χ1n) is 7.84. The number of hydrogen-bond acceptors (Lipinski definition) is 3. The average Bonchev–Trinajstić information content (AvgIpc) is 2.70. The van der Waals surface area contributed by atoms with Crippen molar-refractivity contribution in [3.05, 3.63) is 18.0 Å².